The molecule has 0 unspecified atom stereocenters. The number of aliphatic hydroxyl groups is 1. The molecule has 0 aliphatic heterocycles. The van der Waals surface area contributed by atoms with Crippen molar-refractivity contribution >= 4 is 28.2 Å². The molecule has 0 radical (unpaired) electrons. The first-order chi connectivity index (χ1) is 8.99. The number of aliphatic hydroxyl groups excluding tert-OH is 1. The second-order valence-corrected chi connectivity index (χ2v) is 4.63. The van der Waals surface area contributed by atoms with Crippen LogP contribution in [-0.4, -0.2) is 53.6 Å². The average molecular weight is 294 g/mol. The van der Waals surface area contributed by atoms with E-state index < -0.39 is 25.5 Å². The standard InChI is InChI=1S/C10H16F2N4O2S/c1-2-14-10-15-8(13)7(19-10)9(18)16(3-4-17)5-6(11)12/h6,17H,2-5,13H2,1H3,(H,14,15). The van der Waals surface area contributed by atoms with Crippen molar-refractivity contribution < 1.29 is 18.7 Å². The summed E-state index contributed by atoms with van der Waals surface area (Å²) in [5.41, 5.74) is 5.60. The van der Waals surface area contributed by atoms with Crippen LogP contribution in [-0.2, 0) is 0 Å². The van der Waals surface area contributed by atoms with E-state index in [1.165, 1.54) is 0 Å². The number of thiazole rings is 1. The molecule has 0 atom stereocenters. The number of nitrogens with one attached hydrogen (secondary N) is 1. The van der Waals surface area contributed by atoms with Gasteiger partial charge in [0.2, 0.25) is 0 Å². The van der Waals surface area contributed by atoms with Crippen molar-refractivity contribution in [3.05, 3.63) is 4.88 Å². The third kappa shape index (κ3) is 4.28. The Bertz CT molecular complexity index is 428. The number of amides is 1. The third-order valence-electron chi connectivity index (χ3n) is 2.19. The number of anilines is 2. The lowest BCUT2D eigenvalue weighted by Gasteiger charge is -2.20. The Morgan fingerprint density at radius 1 is 1.63 bits per heavy atom. The van der Waals surface area contributed by atoms with Gasteiger partial charge in [-0.1, -0.05) is 11.3 Å². The minimum Gasteiger partial charge on any atom is -0.395 e. The van der Waals surface area contributed by atoms with Crippen molar-refractivity contribution in [3.8, 4) is 0 Å². The van der Waals surface area contributed by atoms with Gasteiger partial charge in [0.05, 0.1) is 13.2 Å². The Labute approximate surface area is 113 Å². The molecule has 1 rings (SSSR count). The molecule has 108 valence electrons. The van der Waals surface area contributed by atoms with Gasteiger partial charge in [0.1, 0.15) is 10.7 Å². The fraction of sp³-hybridized carbons (Fsp3) is 0.600. The Hall–Kier alpha value is -1.48. The molecule has 1 aromatic rings. The van der Waals surface area contributed by atoms with Gasteiger partial charge in [0, 0.05) is 13.1 Å². The molecule has 1 heterocycles. The van der Waals surface area contributed by atoms with Gasteiger partial charge in [-0.25, -0.2) is 13.8 Å². The lowest BCUT2D eigenvalue weighted by molar-refractivity contribution is 0.0514. The topological polar surface area (TPSA) is 91.5 Å². The van der Waals surface area contributed by atoms with Crippen molar-refractivity contribution in [2.75, 3.05) is 37.3 Å². The van der Waals surface area contributed by atoms with Gasteiger partial charge in [0.25, 0.3) is 12.3 Å². The van der Waals surface area contributed by atoms with Gasteiger partial charge in [-0.3, -0.25) is 4.79 Å². The minimum atomic E-state index is -2.67. The number of nitrogens with two attached hydrogens (primary N) is 1. The van der Waals surface area contributed by atoms with Crippen LogP contribution in [0.15, 0.2) is 0 Å². The van der Waals surface area contributed by atoms with Gasteiger partial charge >= 0.3 is 0 Å². The van der Waals surface area contributed by atoms with Crippen molar-refractivity contribution in [1.82, 2.24) is 9.88 Å². The molecule has 0 aromatic carbocycles. The predicted molar refractivity (Wildman–Crippen MR) is 69.7 cm³/mol. The van der Waals surface area contributed by atoms with E-state index >= 15 is 0 Å². The van der Waals surface area contributed by atoms with E-state index in [1.807, 2.05) is 6.92 Å². The predicted octanol–water partition coefficient (Wildman–Crippen LogP) is 0.857. The normalized spacial score (nSPS) is 10.8. The lowest BCUT2D eigenvalue weighted by Crippen LogP contribution is -2.37. The second-order valence-electron chi connectivity index (χ2n) is 3.63. The van der Waals surface area contributed by atoms with Gasteiger partial charge in [0.15, 0.2) is 5.13 Å². The number of hydrogen-bond acceptors (Lipinski definition) is 6. The van der Waals surface area contributed by atoms with E-state index in [1.54, 1.807) is 0 Å². The van der Waals surface area contributed by atoms with Crippen LogP contribution in [0.25, 0.3) is 0 Å². The van der Waals surface area contributed by atoms with Crippen molar-refractivity contribution in [2.45, 2.75) is 13.3 Å². The molecule has 0 aliphatic rings. The maximum Gasteiger partial charge on any atom is 0.268 e. The van der Waals surface area contributed by atoms with Crippen LogP contribution in [0.4, 0.5) is 19.7 Å². The first-order valence-electron chi connectivity index (χ1n) is 5.68. The van der Waals surface area contributed by atoms with E-state index in [2.05, 4.69) is 10.3 Å². The second kappa shape index (κ2) is 7.19. The lowest BCUT2D eigenvalue weighted by atomic mass is 10.4. The molecule has 4 N–H and O–H groups in total. The minimum absolute atomic E-state index is 0.00292. The van der Waals surface area contributed by atoms with E-state index in [4.69, 9.17) is 10.8 Å². The monoisotopic (exact) mass is 294 g/mol. The molecule has 0 saturated heterocycles. The van der Waals surface area contributed by atoms with E-state index in [9.17, 15) is 13.6 Å². The fourth-order valence-electron chi connectivity index (χ4n) is 1.42. The van der Waals surface area contributed by atoms with Crippen LogP contribution in [0.2, 0.25) is 0 Å². The number of nitrogen functional groups attached to an aromatic ring is 1. The smallest absolute Gasteiger partial charge is 0.268 e. The number of hydrogen-bond donors (Lipinski definition) is 3. The van der Waals surface area contributed by atoms with Gasteiger partial charge < -0.3 is 21.1 Å². The molecule has 0 saturated carbocycles. The zero-order valence-corrected chi connectivity index (χ0v) is 11.2. The van der Waals surface area contributed by atoms with Crippen LogP contribution in [0.5, 0.6) is 0 Å². The first kappa shape index (κ1) is 15.6. The molecule has 0 spiro atoms. The molecule has 6 nitrogen and oxygen atoms in total. The molecule has 1 amide bonds. The number of rotatable bonds is 7. The number of nitrogens with zero attached hydrogens (tertiary/aromatic N) is 2. The van der Waals surface area contributed by atoms with Crippen LogP contribution in [0.3, 0.4) is 0 Å². The third-order valence-corrected chi connectivity index (χ3v) is 3.21. The van der Waals surface area contributed by atoms with E-state index in [0.717, 1.165) is 16.2 Å². The summed E-state index contributed by atoms with van der Waals surface area (Å²) in [6.07, 6.45) is -2.67. The Morgan fingerprint density at radius 3 is 2.84 bits per heavy atom. The maximum absolute atomic E-state index is 12.4. The fourth-order valence-corrected chi connectivity index (χ4v) is 2.34. The van der Waals surface area contributed by atoms with Crippen LogP contribution < -0.4 is 11.1 Å². The summed E-state index contributed by atoms with van der Waals surface area (Å²) in [7, 11) is 0. The highest BCUT2D eigenvalue weighted by Crippen LogP contribution is 2.26. The zero-order valence-electron chi connectivity index (χ0n) is 10.4. The molecule has 0 fully saturated rings. The number of halogens is 2. The molecule has 0 bridgehead atoms. The summed E-state index contributed by atoms with van der Waals surface area (Å²) in [5.74, 6) is -0.642. The molecule has 19 heavy (non-hydrogen) atoms. The molecule has 1 aromatic heterocycles. The number of aromatic nitrogens is 1. The highest BCUT2D eigenvalue weighted by molar-refractivity contribution is 7.18. The van der Waals surface area contributed by atoms with Crippen molar-refractivity contribution in [2.24, 2.45) is 0 Å². The van der Waals surface area contributed by atoms with Gasteiger partial charge in [-0.2, -0.15) is 0 Å². The van der Waals surface area contributed by atoms with Gasteiger partial charge in [-0.05, 0) is 6.92 Å². The Kier molecular flexibility index (Phi) is 5.90. The summed E-state index contributed by atoms with van der Waals surface area (Å²) < 4.78 is 24.8. The summed E-state index contributed by atoms with van der Waals surface area (Å²) in [6, 6.07) is 0. The summed E-state index contributed by atoms with van der Waals surface area (Å²) in [6.45, 7) is 1.16. The molecular formula is C10H16F2N4O2S. The summed E-state index contributed by atoms with van der Waals surface area (Å²) in [4.78, 5) is 17.0. The maximum atomic E-state index is 12.4. The number of alkyl halides is 2. The number of carbonyl (C=O) groups is 1. The Morgan fingerprint density at radius 2 is 2.32 bits per heavy atom. The molecular weight excluding hydrogens is 278 g/mol. The van der Waals surface area contributed by atoms with Crippen LogP contribution in [0, 0.1) is 0 Å². The van der Waals surface area contributed by atoms with Crippen LogP contribution in [0.1, 0.15) is 16.6 Å². The SMILES string of the molecule is CCNc1nc(N)c(C(=O)N(CCO)CC(F)F)s1. The molecule has 0 aliphatic carbocycles. The number of carbonyl (C=O) groups excluding carboxylic acids is 1. The quantitative estimate of drug-likeness (QED) is 0.693. The summed E-state index contributed by atoms with van der Waals surface area (Å²) in [5, 5.41) is 12.2. The van der Waals surface area contributed by atoms with Crippen molar-refractivity contribution in [1.29, 1.82) is 0 Å². The van der Waals surface area contributed by atoms with E-state index in [0.29, 0.717) is 11.7 Å². The average Bonchev–Trinajstić information content (AvgIpc) is 2.69. The van der Waals surface area contributed by atoms with Crippen molar-refractivity contribution in [3.63, 3.8) is 0 Å². The largest absolute Gasteiger partial charge is 0.395 e. The zero-order chi connectivity index (χ0) is 14.4. The van der Waals surface area contributed by atoms with Gasteiger partial charge in [-0.15, -0.1) is 0 Å². The van der Waals surface area contributed by atoms with Crippen LogP contribution >= 0.6 is 11.3 Å². The summed E-state index contributed by atoms with van der Waals surface area (Å²) >= 11 is 1.01. The Balaban J connectivity index is 2.88. The molecule has 9 heteroatoms. The first-order valence-corrected chi connectivity index (χ1v) is 6.49. The van der Waals surface area contributed by atoms with E-state index in [-0.39, 0.29) is 17.2 Å². The highest BCUT2D eigenvalue weighted by atomic mass is 32.1. The highest BCUT2D eigenvalue weighted by Gasteiger charge is 2.24.